The Morgan fingerprint density at radius 3 is 1.29 bits per heavy atom. The number of hydrogen-bond acceptors (Lipinski definition) is 4. The van der Waals surface area contributed by atoms with Crippen LogP contribution in [0.2, 0.25) is 0 Å². The molecular formula is C30H45BrN2O2. The summed E-state index contributed by atoms with van der Waals surface area (Å²) in [7, 11) is 0. The van der Waals surface area contributed by atoms with Crippen molar-refractivity contribution in [1.29, 1.82) is 0 Å². The van der Waals surface area contributed by atoms with Crippen molar-refractivity contribution in [2.45, 2.75) is 66.2 Å². The maximum absolute atomic E-state index is 12.8. The van der Waals surface area contributed by atoms with Crippen molar-refractivity contribution in [2.75, 3.05) is 39.3 Å². The maximum Gasteiger partial charge on any atom is 0.162 e. The van der Waals surface area contributed by atoms with Gasteiger partial charge in [-0.2, -0.15) is 0 Å². The van der Waals surface area contributed by atoms with Gasteiger partial charge in [0.15, 0.2) is 11.6 Å². The third kappa shape index (κ3) is 9.44. The van der Waals surface area contributed by atoms with E-state index in [2.05, 4.69) is 9.80 Å². The van der Waals surface area contributed by atoms with Gasteiger partial charge in [0.2, 0.25) is 0 Å². The van der Waals surface area contributed by atoms with Gasteiger partial charge in [-0.15, -0.1) is 17.0 Å². The van der Waals surface area contributed by atoms with Crippen LogP contribution in [0.3, 0.4) is 0 Å². The molecule has 2 aliphatic heterocycles. The third-order valence-corrected chi connectivity index (χ3v) is 7.26. The van der Waals surface area contributed by atoms with Crippen molar-refractivity contribution in [3.05, 3.63) is 47.5 Å². The van der Waals surface area contributed by atoms with E-state index in [0.29, 0.717) is 0 Å². The van der Waals surface area contributed by atoms with Crippen LogP contribution in [0.1, 0.15) is 77.3 Å². The Hall–Kier alpha value is -1.56. The first-order valence-electron chi connectivity index (χ1n) is 13.2. The van der Waals surface area contributed by atoms with Crippen LogP contribution in [0, 0.1) is 10.8 Å². The van der Waals surface area contributed by atoms with Crippen molar-refractivity contribution >= 4 is 40.7 Å². The second kappa shape index (κ2) is 13.7. The SMILES string of the molecule is Br.CC(C)(CN1CCCCC1)C(=O)/C=C/c1ccc(/C=C/C(=O)C(C)(C)CN2CCCCC2)cc1. The lowest BCUT2D eigenvalue weighted by Gasteiger charge is -2.33. The zero-order valence-electron chi connectivity index (χ0n) is 22.2. The van der Waals surface area contributed by atoms with Crippen molar-refractivity contribution in [3.63, 3.8) is 0 Å². The number of rotatable bonds is 10. The van der Waals surface area contributed by atoms with Gasteiger partial charge >= 0.3 is 0 Å². The number of allylic oxidation sites excluding steroid dienone is 2. The summed E-state index contributed by atoms with van der Waals surface area (Å²) in [5, 5.41) is 0. The van der Waals surface area contributed by atoms with Crippen LogP contribution in [0.15, 0.2) is 36.4 Å². The van der Waals surface area contributed by atoms with Gasteiger partial charge < -0.3 is 9.80 Å². The smallest absolute Gasteiger partial charge is 0.162 e. The number of piperidine rings is 2. The van der Waals surface area contributed by atoms with Gasteiger partial charge in [0.05, 0.1) is 0 Å². The lowest BCUT2D eigenvalue weighted by Crippen LogP contribution is -2.41. The topological polar surface area (TPSA) is 40.6 Å². The highest BCUT2D eigenvalue weighted by atomic mass is 79.9. The Morgan fingerprint density at radius 2 is 0.971 bits per heavy atom. The van der Waals surface area contributed by atoms with E-state index < -0.39 is 0 Å². The van der Waals surface area contributed by atoms with E-state index >= 15 is 0 Å². The van der Waals surface area contributed by atoms with Crippen molar-refractivity contribution in [1.82, 2.24) is 9.80 Å². The monoisotopic (exact) mass is 544 g/mol. The van der Waals surface area contributed by atoms with Crippen molar-refractivity contribution in [2.24, 2.45) is 10.8 Å². The van der Waals surface area contributed by atoms with E-state index in [0.717, 1.165) is 50.4 Å². The summed E-state index contributed by atoms with van der Waals surface area (Å²) in [4.78, 5) is 30.5. The molecule has 0 saturated carbocycles. The first-order chi connectivity index (χ1) is 16.2. The Labute approximate surface area is 223 Å². The summed E-state index contributed by atoms with van der Waals surface area (Å²) >= 11 is 0. The Bertz CT molecular complexity index is 801. The molecule has 0 amide bonds. The molecule has 35 heavy (non-hydrogen) atoms. The summed E-state index contributed by atoms with van der Waals surface area (Å²) in [6, 6.07) is 8.02. The average molecular weight is 546 g/mol. The minimum atomic E-state index is -0.377. The molecule has 0 unspecified atom stereocenters. The van der Waals surface area contributed by atoms with Crippen LogP contribution in [-0.2, 0) is 9.59 Å². The van der Waals surface area contributed by atoms with Crippen molar-refractivity contribution in [3.8, 4) is 0 Å². The highest BCUT2D eigenvalue weighted by Crippen LogP contribution is 2.24. The minimum absolute atomic E-state index is 0. The molecule has 2 aliphatic rings. The number of halogens is 1. The van der Waals surface area contributed by atoms with E-state index in [1.54, 1.807) is 12.2 Å². The summed E-state index contributed by atoms with van der Waals surface area (Å²) in [6.07, 6.45) is 14.8. The summed E-state index contributed by atoms with van der Waals surface area (Å²) in [5.74, 6) is 0.340. The second-order valence-electron chi connectivity index (χ2n) is 11.5. The van der Waals surface area contributed by atoms with E-state index in [9.17, 15) is 9.59 Å². The van der Waals surface area contributed by atoms with Gasteiger partial charge in [-0.25, -0.2) is 0 Å². The number of hydrogen-bond donors (Lipinski definition) is 0. The predicted molar refractivity (Wildman–Crippen MR) is 153 cm³/mol. The minimum Gasteiger partial charge on any atom is -0.302 e. The van der Waals surface area contributed by atoms with Gasteiger partial charge in [0.25, 0.3) is 0 Å². The Morgan fingerprint density at radius 1 is 0.657 bits per heavy atom. The summed E-state index contributed by atoms with van der Waals surface area (Å²) in [6.45, 7) is 14.3. The van der Waals surface area contributed by atoms with Crippen LogP contribution < -0.4 is 0 Å². The molecule has 2 fully saturated rings. The first-order valence-corrected chi connectivity index (χ1v) is 13.2. The predicted octanol–water partition coefficient (Wildman–Crippen LogP) is 6.45. The molecule has 0 aliphatic carbocycles. The van der Waals surface area contributed by atoms with Gasteiger partial charge in [-0.3, -0.25) is 9.59 Å². The molecule has 194 valence electrons. The molecule has 5 heteroatoms. The number of carbonyl (C=O) groups is 2. The molecule has 0 aromatic heterocycles. The standard InChI is InChI=1S/C30H44N2O2.BrH/c1-29(2,23-31-19-7-5-8-20-31)27(33)17-15-25-11-13-26(14-12-25)16-18-28(34)30(3,4)24-32-21-9-6-10-22-32;/h11-18H,5-10,19-24H2,1-4H3;1H/b17-15+,18-16+;. The second-order valence-corrected chi connectivity index (χ2v) is 11.5. The summed E-state index contributed by atoms with van der Waals surface area (Å²) < 4.78 is 0. The van der Waals surface area contributed by atoms with Crippen LogP contribution >= 0.6 is 17.0 Å². The average Bonchev–Trinajstić information content (AvgIpc) is 2.82. The lowest BCUT2D eigenvalue weighted by molar-refractivity contribution is -0.123. The molecular weight excluding hydrogens is 500 g/mol. The molecule has 1 aromatic rings. The zero-order valence-corrected chi connectivity index (χ0v) is 23.9. The van der Waals surface area contributed by atoms with E-state index in [4.69, 9.17) is 0 Å². The van der Waals surface area contributed by atoms with E-state index in [1.165, 1.54) is 38.5 Å². The van der Waals surface area contributed by atoms with Gasteiger partial charge in [0, 0.05) is 23.9 Å². The number of ketones is 2. The zero-order chi connectivity index (χ0) is 24.6. The fourth-order valence-electron chi connectivity index (χ4n) is 5.02. The molecule has 0 radical (unpaired) electrons. The van der Waals surface area contributed by atoms with Crippen molar-refractivity contribution < 1.29 is 9.59 Å². The Balaban J connectivity index is 0.00000432. The van der Waals surface area contributed by atoms with Crippen LogP contribution in [0.4, 0.5) is 0 Å². The highest BCUT2D eigenvalue weighted by Gasteiger charge is 2.29. The van der Waals surface area contributed by atoms with E-state index in [-0.39, 0.29) is 39.4 Å². The molecule has 2 heterocycles. The Kier molecular flexibility index (Phi) is 11.6. The molecule has 3 rings (SSSR count). The normalized spacial score (nSPS) is 18.6. The molecule has 4 nitrogen and oxygen atoms in total. The van der Waals surface area contributed by atoms with Gasteiger partial charge in [-0.1, -0.05) is 77.0 Å². The number of benzene rings is 1. The molecule has 0 bridgehead atoms. The van der Waals surface area contributed by atoms with Crippen LogP contribution in [0.5, 0.6) is 0 Å². The molecule has 0 atom stereocenters. The highest BCUT2D eigenvalue weighted by molar-refractivity contribution is 8.93. The first kappa shape index (κ1) is 29.7. The molecule has 2 saturated heterocycles. The number of nitrogens with zero attached hydrogens (tertiary/aromatic N) is 2. The lowest BCUT2D eigenvalue weighted by atomic mass is 9.86. The maximum atomic E-state index is 12.8. The van der Waals surface area contributed by atoms with Gasteiger partial charge in [-0.05, 0) is 75.1 Å². The fraction of sp³-hybridized carbons (Fsp3) is 0.600. The quantitative estimate of drug-likeness (QED) is 0.317. The number of likely N-dealkylation sites (tertiary alicyclic amines) is 2. The van der Waals surface area contributed by atoms with Gasteiger partial charge in [0.1, 0.15) is 0 Å². The third-order valence-electron chi connectivity index (χ3n) is 7.26. The van der Waals surface area contributed by atoms with E-state index in [1.807, 2.05) is 64.1 Å². The largest absolute Gasteiger partial charge is 0.302 e. The number of carbonyl (C=O) groups excluding carboxylic acids is 2. The van der Waals surface area contributed by atoms with Crippen LogP contribution in [-0.4, -0.2) is 60.6 Å². The molecule has 1 aromatic carbocycles. The molecule has 0 N–H and O–H groups in total. The summed E-state index contributed by atoms with van der Waals surface area (Å²) in [5.41, 5.74) is 1.24. The molecule has 0 spiro atoms. The van der Waals surface area contributed by atoms with Crippen LogP contribution in [0.25, 0.3) is 12.2 Å². The fourth-order valence-corrected chi connectivity index (χ4v) is 5.02.